The summed E-state index contributed by atoms with van der Waals surface area (Å²) < 4.78 is 0. The van der Waals surface area contributed by atoms with Crippen LogP contribution in [-0.2, 0) is 9.59 Å². The first-order chi connectivity index (χ1) is 7.61. The molecule has 6 nitrogen and oxygen atoms in total. The first-order valence-electron chi connectivity index (χ1n) is 5.49. The van der Waals surface area contributed by atoms with Crippen LogP contribution >= 0.6 is 0 Å². The van der Waals surface area contributed by atoms with Gasteiger partial charge < -0.3 is 30.4 Å². The number of carboxylic acid groups (broad SMARTS) is 2. The van der Waals surface area contributed by atoms with E-state index >= 15 is 0 Å². The van der Waals surface area contributed by atoms with Gasteiger partial charge in [0, 0.05) is 12.1 Å². The van der Waals surface area contributed by atoms with E-state index in [1.54, 1.807) is 0 Å². The van der Waals surface area contributed by atoms with Crippen LogP contribution in [0.4, 0.5) is 0 Å². The van der Waals surface area contributed by atoms with E-state index < -0.39 is 11.9 Å². The van der Waals surface area contributed by atoms with E-state index in [2.05, 4.69) is 10.6 Å². The van der Waals surface area contributed by atoms with Crippen molar-refractivity contribution in [1.29, 1.82) is 0 Å². The van der Waals surface area contributed by atoms with Crippen LogP contribution in [0.15, 0.2) is 0 Å². The van der Waals surface area contributed by atoms with Gasteiger partial charge in [-0.25, -0.2) is 0 Å². The van der Waals surface area contributed by atoms with Gasteiger partial charge >= 0.3 is 27.3 Å². The molecule has 2 heterocycles. The van der Waals surface area contributed by atoms with Gasteiger partial charge in [-0.1, -0.05) is 0 Å². The Morgan fingerprint density at radius 1 is 0.882 bits per heavy atom. The molecule has 2 rings (SSSR count). The van der Waals surface area contributed by atoms with Crippen molar-refractivity contribution < 1.29 is 19.8 Å². The molecule has 94 valence electrons. The molecule has 17 heavy (non-hydrogen) atoms. The largest absolute Gasteiger partial charge is 2.00 e. The van der Waals surface area contributed by atoms with Crippen molar-refractivity contribution in [2.24, 2.45) is 0 Å². The molecule has 0 spiro atoms. The maximum absolute atomic E-state index is 10.0. The number of hydrogen-bond donors (Lipinski definition) is 2. The molecule has 2 radical (unpaired) electrons. The Balaban J connectivity index is 0.000000284. The molecule has 2 unspecified atom stereocenters. The third kappa shape index (κ3) is 6.32. The van der Waals surface area contributed by atoms with Crippen LogP contribution in [0.25, 0.3) is 0 Å². The van der Waals surface area contributed by atoms with Gasteiger partial charge in [-0.2, -0.15) is 0 Å². The van der Waals surface area contributed by atoms with Crippen molar-refractivity contribution in [2.45, 2.75) is 37.8 Å². The van der Waals surface area contributed by atoms with Crippen molar-refractivity contribution >= 4 is 39.2 Å². The summed E-state index contributed by atoms with van der Waals surface area (Å²) in [6.07, 6.45) is 3.36. The van der Waals surface area contributed by atoms with Gasteiger partial charge in [-0.05, 0) is 38.8 Å². The number of carbonyl (C=O) groups excluding carboxylic acids is 2. The number of hydrogen-bond acceptors (Lipinski definition) is 6. The molecule has 2 aliphatic rings. The topological polar surface area (TPSA) is 104 Å². The summed E-state index contributed by atoms with van der Waals surface area (Å²) in [6, 6.07) is -0.759. The van der Waals surface area contributed by atoms with Gasteiger partial charge in [-0.15, -0.1) is 0 Å². The van der Waals surface area contributed by atoms with Gasteiger partial charge in [-0.3, -0.25) is 0 Å². The summed E-state index contributed by atoms with van der Waals surface area (Å²) in [4.78, 5) is 20.1. The van der Waals surface area contributed by atoms with Crippen molar-refractivity contribution in [1.82, 2.24) is 10.6 Å². The molecular formula is C10H16N2O4Pb. The molecule has 2 saturated heterocycles. The minimum absolute atomic E-state index is 0. The van der Waals surface area contributed by atoms with Crippen LogP contribution in [-0.4, -0.2) is 64.4 Å². The van der Waals surface area contributed by atoms with Gasteiger partial charge in [0.25, 0.3) is 0 Å². The normalized spacial score (nSPS) is 26.6. The Bertz CT molecular complexity index is 225. The smallest absolute Gasteiger partial charge is 0.548 e. The summed E-state index contributed by atoms with van der Waals surface area (Å²) in [7, 11) is 0. The Labute approximate surface area is 120 Å². The molecule has 0 bridgehead atoms. The van der Waals surface area contributed by atoms with Crippen LogP contribution in [0, 0.1) is 0 Å². The van der Waals surface area contributed by atoms with E-state index in [0.29, 0.717) is 0 Å². The molecule has 7 heteroatoms. The van der Waals surface area contributed by atoms with Crippen LogP contribution < -0.4 is 20.8 Å². The molecule has 2 fully saturated rings. The number of carbonyl (C=O) groups is 2. The molecular weight excluding hydrogens is 419 g/mol. The zero-order valence-electron chi connectivity index (χ0n) is 9.53. The maximum Gasteiger partial charge on any atom is 2.00 e. The predicted molar refractivity (Wildman–Crippen MR) is 57.8 cm³/mol. The predicted octanol–water partition coefficient (Wildman–Crippen LogP) is -3.40. The van der Waals surface area contributed by atoms with Gasteiger partial charge in [0.15, 0.2) is 0 Å². The summed E-state index contributed by atoms with van der Waals surface area (Å²) in [6.45, 7) is 1.64. The van der Waals surface area contributed by atoms with Crippen LogP contribution in [0.3, 0.4) is 0 Å². The number of rotatable bonds is 2. The zero-order valence-corrected chi connectivity index (χ0v) is 13.4. The summed E-state index contributed by atoms with van der Waals surface area (Å²) in [5, 5.41) is 25.6. The SMILES string of the molecule is O=C([O-])C1CCCN1.O=C([O-])C1CCCN1.[Pb+2]. The van der Waals surface area contributed by atoms with Gasteiger partial charge in [0.1, 0.15) is 0 Å². The molecule has 0 aliphatic carbocycles. The number of nitrogens with one attached hydrogen (secondary N) is 2. The first-order valence-corrected chi connectivity index (χ1v) is 5.49. The zero-order chi connectivity index (χ0) is 12.0. The summed E-state index contributed by atoms with van der Waals surface area (Å²) in [5.74, 6) is -1.94. The van der Waals surface area contributed by atoms with E-state index in [4.69, 9.17) is 0 Å². The second-order valence-electron chi connectivity index (χ2n) is 3.94. The second kappa shape index (κ2) is 8.81. The van der Waals surface area contributed by atoms with Crippen LogP contribution in [0.2, 0.25) is 0 Å². The van der Waals surface area contributed by atoms with Gasteiger partial charge in [0.05, 0.1) is 11.9 Å². The fourth-order valence-electron chi connectivity index (χ4n) is 1.77. The average molecular weight is 435 g/mol. The van der Waals surface area contributed by atoms with E-state index in [1.165, 1.54) is 0 Å². The van der Waals surface area contributed by atoms with Crippen molar-refractivity contribution in [2.75, 3.05) is 13.1 Å². The molecule has 0 aromatic rings. The minimum Gasteiger partial charge on any atom is -0.548 e. The quantitative estimate of drug-likeness (QED) is 0.438. The van der Waals surface area contributed by atoms with E-state index in [-0.39, 0.29) is 39.4 Å². The third-order valence-corrected chi connectivity index (χ3v) is 2.69. The molecule has 0 saturated carbocycles. The Kier molecular flexibility index (Phi) is 8.70. The Hall–Kier alpha value is -0.218. The van der Waals surface area contributed by atoms with E-state index in [0.717, 1.165) is 38.8 Å². The molecule has 2 atom stereocenters. The Morgan fingerprint density at radius 3 is 1.35 bits per heavy atom. The van der Waals surface area contributed by atoms with Crippen molar-refractivity contribution in [3.05, 3.63) is 0 Å². The third-order valence-electron chi connectivity index (χ3n) is 2.69. The van der Waals surface area contributed by atoms with Gasteiger partial charge in [0.2, 0.25) is 0 Å². The summed E-state index contributed by atoms with van der Waals surface area (Å²) >= 11 is 0. The van der Waals surface area contributed by atoms with E-state index in [1.807, 2.05) is 0 Å². The van der Waals surface area contributed by atoms with Crippen LogP contribution in [0.1, 0.15) is 25.7 Å². The standard InChI is InChI=1S/2C5H9NO2.Pb/c2*7-5(8)4-2-1-3-6-4;/h2*4,6H,1-3H2,(H,7,8);/q;;+2/p-2. The van der Waals surface area contributed by atoms with Crippen molar-refractivity contribution in [3.8, 4) is 0 Å². The fraction of sp³-hybridized carbons (Fsp3) is 0.800. The maximum atomic E-state index is 10.0. The molecule has 0 amide bonds. The van der Waals surface area contributed by atoms with Crippen LogP contribution in [0.5, 0.6) is 0 Å². The molecule has 0 aromatic heterocycles. The summed E-state index contributed by atoms with van der Waals surface area (Å²) in [5.41, 5.74) is 0. The Morgan fingerprint density at radius 2 is 1.24 bits per heavy atom. The fourth-order valence-corrected chi connectivity index (χ4v) is 1.77. The molecule has 2 aliphatic heterocycles. The second-order valence-corrected chi connectivity index (χ2v) is 3.94. The average Bonchev–Trinajstić information content (AvgIpc) is 2.93. The monoisotopic (exact) mass is 436 g/mol. The number of carboxylic acids is 2. The minimum atomic E-state index is -0.970. The first kappa shape index (κ1) is 16.8. The molecule has 0 aromatic carbocycles. The van der Waals surface area contributed by atoms with E-state index in [9.17, 15) is 19.8 Å². The van der Waals surface area contributed by atoms with Crippen molar-refractivity contribution in [3.63, 3.8) is 0 Å². The number of aliphatic carboxylic acids is 2. The molecule has 2 N–H and O–H groups in total.